The zero-order valence-corrected chi connectivity index (χ0v) is 7.89. The first kappa shape index (κ1) is 8.53. The van der Waals surface area contributed by atoms with E-state index in [1.165, 1.54) is 0 Å². The molecule has 2 N–H and O–H groups in total. The van der Waals surface area contributed by atoms with E-state index < -0.39 is 5.54 Å². The van der Waals surface area contributed by atoms with Crippen LogP contribution < -0.4 is 10.6 Å². The lowest BCUT2D eigenvalue weighted by atomic mass is 9.77. The van der Waals surface area contributed by atoms with Crippen LogP contribution >= 0.6 is 0 Å². The zero-order chi connectivity index (χ0) is 9.64. The second kappa shape index (κ2) is 2.47. The topological polar surface area (TPSA) is 58.2 Å². The normalized spacial score (nSPS) is 36.7. The highest BCUT2D eigenvalue weighted by atomic mass is 16.2. The van der Waals surface area contributed by atoms with Crippen molar-refractivity contribution < 1.29 is 9.59 Å². The lowest BCUT2D eigenvalue weighted by Crippen LogP contribution is -2.74. The van der Waals surface area contributed by atoms with Gasteiger partial charge in [-0.05, 0) is 12.3 Å². The first-order valence-electron chi connectivity index (χ1n) is 4.66. The summed E-state index contributed by atoms with van der Waals surface area (Å²) in [5.41, 5.74) is -0.564. The number of fused-ring (bicyclic) bond motifs is 1. The van der Waals surface area contributed by atoms with Crippen LogP contribution in [-0.4, -0.2) is 23.4 Å². The molecule has 0 radical (unpaired) electrons. The van der Waals surface area contributed by atoms with Crippen LogP contribution in [0.1, 0.15) is 26.7 Å². The van der Waals surface area contributed by atoms with Crippen LogP contribution in [0.2, 0.25) is 0 Å². The second-order valence-corrected chi connectivity index (χ2v) is 4.35. The van der Waals surface area contributed by atoms with Gasteiger partial charge in [-0.3, -0.25) is 9.59 Å². The zero-order valence-electron chi connectivity index (χ0n) is 7.89. The molecule has 2 fully saturated rings. The van der Waals surface area contributed by atoms with Crippen molar-refractivity contribution in [1.82, 2.24) is 10.6 Å². The smallest absolute Gasteiger partial charge is 0.248 e. The molecule has 72 valence electrons. The fourth-order valence-electron chi connectivity index (χ4n) is 2.28. The fourth-order valence-corrected chi connectivity index (χ4v) is 2.28. The summed E-state index contributed by atoms with van der Waals surface area (Å²) in [7, 11) is 0. The summed E-state index contributed by atoms with van der Waals surface area (Å²) in [4.78, 5) is 22.5. The van der Waals surface area contributed by atoms with Crippen LogP contribution in [0.5, 0.6) is 0 Å². The summed E-state index contributed by atoms with van der Waals surface area (Å²) in [6.45, 7) is 4.11. The third-order valence-electron chi connectivity index (χ3n) is 2.79. The number of nitrogens with one attached hydrogen (secondary N) is 2. The molecule has 4 heteroatoms. The van der Waals surface area contributed by atoms with Crippen molar-refractivity contribution in [3.63, 3.8) is 0 Å². The molecule has 2 aliphatic heterocycles. The molecule has 0 aliphatic carbocycles. The van der Waals surface area contributed by atoms with E-state index in [9.17, 15) is 9.59 Å². The predicted molar refractivity (Wildman–Crippen MR) is 46.9 cm³/mol. The highest BCUT2D eigenvalue weighted by molar-refractivity contribution is 6.02. The highest BCUT2D eigenvalue weighted by Gasteiger charge is 2.60. The van der Waals surface area contributed by atoms with Crippen LogP contribution in [0, 0.1) is 5.92 Å². The van der Waals surface area contributed by atoms with E-state index in [0.717, 1.165) is 6.42 Å². The van der Waals surface area contributed by atoms with Gasteiger partial charge in [0.1, 0.15) is 5.54 Å². The van der Waals surface area contributed by atoms with E-state index in [1.54, 1.807) is 0 Å². The summed E-state index contributed by atoms with van der Waals surface area (Å²) in [6.07, 6.45) is 1.19. The summed E-state index contributed by atoms with van der Waals surface area (Å²) >= 11 is 0. The monoisotopic (exact) mass is 182 g/mol. The van der Waals surface area contributed by atoms with E-state index in [4.69, 9.17) is 0 Å². The number of hydrogen-bond acceptors (Lipinski definition) is 2. The summed E-state index contributed by atoms with van der Waals surface area (Å²) in [6, 6.07) is 0.0369. The van der Waals surface area contributed by atoms with Crippen LogP contribution in [0.3, 0.4) is 0 Å². The van der Waals surface area contributed by atoms with Gasteiger partial charge in [-0.15, -0.1) is 0 Å². The molecule has 0 spiro atoms. The Morgan fingerprint density at radius 2 is 2.23 bits per heavy atom. The SMILES string of the molecule is CC(C)C[C@@]12NC(=O)C[C@@H]1NC2=O. The Bertz CT molecular complexity index is 275. The Balaban J connectivity index is 2.18. The third kappa shape index (κ3) is 1.04. The van der Waals surface area contributed by atoms with Crippen LogP contribution in [-0.2, 0) is 9.59 Å². The average Bonchev–Trinajstić information content (AvgIpc) is 2.24. The van der Waals surface area contributed by atoms with Crippen molar-refractivity contribution in [3.05, 3.63) is 0 Å². The fraction of sp³-hybridized carbons (Fsp3) is 0.778. The van der Waals surface area contributed by atoms with Crippen molar-refractivity contribution in [2.75, 3.05) is 0 Å². The van der Waals surface area contributed by atoms with Crippen LogP contribution in [0.4, 0.5) is 0 Å². The number of β-lactam (4-membered cyclic amide) rings is 1. The molecular formula is C9H14N2O2. The average molecular weight is 182 g/mol. The molecule has 0 aromatic rings. The number of rotatable bonds is 2. The molecular weight excluding hydrogens is 168 g/mol. The molecule has 0 aromatic carbocycles. The first-order chi connectivity index (χ1) is 6.04. The van der Waals surface area contributed by atoms with Gasteiger partial charge in [0.15, 0.2) is 0 Å². The molecule has 0 bridgehead atoms. The molecule has 0 saturated carbocycles. The molecule has 2 rings (SSSR count). The summed E-state index contributed by atoms with van der Waals surface area (Å²) < 4.78 is 0. The Kier molecular flexibility index (Phi) is 1.62. The van der Waals surface area contributed by atoms with Gasteiger partial charge in [-0.2, -0.15) is 0 Å². The minimum atomic E-state index is -0.564. The lowest BCUT2D eigenvalue weighted by Gasteiger charge is -2.44. The molecule has 2 aliphatic rings. The molecule has 2 amide bonds. The van der Waals surface area contributed by atoms with Crippen LogP contribution in [0.25, 0.3) is 0 Å². The maximum atomic E-state index is 11.4. The minimum Gasteiger partial charge on any atom is -0.348 e. The summed E-state index contributed by atoms with van der Waals surface area (Å²) in [5.74, 6) is 0.396. The van der Waals surface area contributed by atoms with Crippen LogP contribution in [0.15, 0.2) is 0 Å². The van der Waals surface area contributed by atoms with Gasteiger partial charge < -0.3 is 10.6 Å². The van der Waals surface area contributed by atoms with Crippen molar-refractivity contribution in [3.8, 4) is 0 Å². The van der Waals surface area contributed by atoms with Gasteiger partial charge >= 0.3 is 0 Å². The Labute approximate surface area is 77.1 Å². The van der Waals surface area contributed by atoms with Crippen molar-refractivity contribution in [2.24, 2.45) is 5.92 Å². The Morgan fingerprint density at radius 1 is 1.54 bits per heavy atom. The van der Waals surface area contributed by atoms with Crippen molar-refractivity contribution >= 4 is 11.8 Å². The highest BCUT2D eigenvalue weighted by Crippen LogP contribution is 2.34. The molecule has 4 nitrogen and oxygen atoms in total. The number of hydrogen-bond donors (Lipinski definition) is 2. The third-order valence-corrected chi connectivity index (χ3v) is 2.79. The largest absolute Gasteiger partial charge is 0.348 e. The van der Waals surface area contributed by atoms with Gasteiger partial charge in [0.2, 0.25) is 11.8 Å². The number of amides is 2. The molecule has 2 atom stereocenters. The molecule has 0 unspecified atom stereocenters. The molecule has 13 heavy (non-hydrogen) atoms. The lowest BCUT2D eigenvalue weighted by molar-refractivity contribution is -0.139. The predicted octanol–water partition coefficient (Wildman–Crippen LogP) is -0.210. The molecule has 0 aromatic heterocycles. The van der Waals surface area contributed by atoms with Gasteiger partial charge in [-0.25, -0.2) is 0 Å². The van der Waals surface area contributed by atoms with E-state index in [0.29, 0.717) is 12.3 Å². The second-order valence-electron chi connectivity index (χ2n) is 4.35. The van der Waals surface area contributed by atoms with Gasteiger partial charge in [0.25, 0.3) is 0 Å². The maximum Gasteiger partial charge on any atom is 0.248 e. The maximum absolute atomic E-state index is 11.4. The Hall–Kier alpha value is -1.06. The standard InChI is InChI=1S/C9H14N2O2/c1-5(2)4-9-6(10-8(9)13)3-7(12)11-9/h5-6H,3-4H2,1-2H3,(H,10,13)(H,11,12)/t6-,9+/m0/s1. The quantitative estimate of drug-likeness (QED) is 0.580. The summed E-state index contributed by atoms with van der Waals surface area (Å²) in [5, 5.41) is 5.56. The Morgan fingerprint density at radius 3 is 2.69 bits per heavy atom. The molecule has 2 heterocycles. The number of carbonyl (C=O) groups excluding carboxylic acids is 2. The first-order valence-corrected chi connectivity index (χ1v) is 4.66. The van der Waals surface area contributed by atoms with E-state index in [2.05, 4.69) is 24.5 Å². The van der Waals surface area contributed by atoms with Gasteiger partial charge in [0.05, 0.1) is 6.04 Å². The van der Waals surface area contributed by atoms with E-state index in [1.807, 2.05) is 0 Å². The van der Waals surface area contributed by atoms with E-state index >= 15 is 0 Å². The van der Waals surface area contributed by atoms with Crippen molar-refractivity contribution in [1.29, 1.82) is 0 Å². The van der Waals surface area contributed by atoms with Gasteiger partial charge in [-0.1, -0.05) is 13.8 Å². The molecule has 2 saturated heterocycles. The van der Waals surface area contributed by atoms with Gasteiger partial charge in [0, 0.05) is 6.42 Å². The minimum absolute atomic E-state index is 0.0102. The van der Waals surface area contributed by atoms with E-state index in [-0.39, 0.29) is 17.9 Å². The number of carbonyl (C=O) groups is 2. The van der Waals surface area contributed by atoms with Crippen molar-refractivity contribution in [2.45, 2.75) is 38.3 Å².